The predicted molar refractivity (Wildman–Crippen MR) is 82.8 cm³/mol. The van der Waals surface area contributed by atoms with Gasteiger partial charge in [0, 0.05) is 12.1 Å². The molecule has 0 fully saturated rings. The van der Waals surface area contributed by atoms with Gasteiger partial charge in [0.1, 0.15) is 11.6 Å². The third-order valence-corrected chi connectivity index (χ3v) is 3.65. The average Bonchev–Trinajstić information content (AvgIpc) is 2.45. The largest absolute Gasteiger partial charge is 0.466 e. The summed E-state index contributed by atoms with van der Waals surface area (Å²) in [5, 5.41) is 24.3. The maximum absolute atomic E-state index is 12.3. The van der Waals surface area contributed by atoms with Gasteiger partial charge in [0.05, 0.1) is 23.4 Å². The summed E-state index contributed by atoms with van der Waals surface area (Å²) in [6.45, 7) is 4.94. The van der Waals surface area contributed by atoms with Gasteiger partial charge in [-0.05, 0) is 26.3 Å². The van der Waals surface area contributed by atoms with Crippen LogP contribution in [-0.2, 0) is 9.53 Å². The average molecular weight is 321 g/mol. The number of benzene rings is 1. The van der Waals surface area contributed by atoms with Crippen molar-refractivity contribution in [3.05, 3.63) is 39.9 Å². The first-order chi connectivity index (χ1) is 10.8. The minimum Gasteiger partial charge on any atom is -0.466 e. The molecule has 0 spiro atoms. The number of nitrogens with one attached hydrogen (secondary N) is 1. The minimum absolute atomic E-state index is 0.101. The summed E-state index contributed by atoms with van der Waals surface area (Å²) < 4.78 is 5.04. The Hall–Kier alpha value is -2.48. The highest BCUT2D eigenvalue weighted by molar-refractivity contribution is 5.85. The maximum Gasteiger partial charge on any atom is 0.316 e. The van der Waals surface area contributed by atoms with Gasteiger partial charge in [0.2, 0.25) is 0 Å². The summed E-state index contributed by atoms with van der Waals surface area (Å²) in [6.07, 6.45) is 0. The molecule has 3 atom stereocenters. The molecule has 0 saturated carbocycles. The van der Waals surface area contributed by atoms with Gasteiger partial charge in [-0.1, -0.05) is 12.1 Å². The van der Waals surface area contributed by atoms with Gasteiger partial charge in [-0.25, -0.2) is 0 Å². The standard InChI is InChI=1S/C15H19N3O5/c1-4-23-14(19)12-13(16-9(2)17-15(12,3)20)10-6-5-7-11(8-10)18(21)22/h5-8,12-13,20H,4H2,1-3H3,(H,16,17). The lowest BCUT2D eigenvalue weighted by Crippen LogP contribution is -2.58. The Bertz CT molecular complexity index is 656. The number of hydrogen-bond donors (Lipinski definition) is 2. The van der Waals surface area contributed by atoms with Crippen molar-refractivity contribution in [1.82, 2.24) is 5.32 Å². The lowest BCUT2D eigenvalue weighted by atomic mass is 9.83. The van der Waals surface area contributed by atoms with Crippen LogP contribution in [-0.4, -0.2) is 34.2 Å². The Kier molecular flexibility index (Phi) is 4.65. The molecule has 1 aromatic carbocycles. The summed E-state index contributed by atoms with van der Waals surface area (Å²) in [4.78, 5) is 27.1. The predicted octanol–water partition coefficient (Wildman–Crippen LogP) is 1.55. The number of amidine groups is 1. The topological polar surface area (TPSA) is 114 Å². The maximum atomic E-state index is 12.3. The molecule has 0 aromatic heterocycles. The first kappa shape index (κ1) is 16.9. The second-order valence-corrected chi connectivity index (χ2v) is 5.51. The quantitative estimate of drug-likeness (QED) is 0.494. The molecule has 124 valence electrons. The summed E-state index contributed by atoms with van der Waals surface area (Å²) in [6, 6.07) is 5.11. The van der Waals surface area contributed by atoms with E-state index in [4.69, 9.17) is 4.74 Å². The molecule has 23 heavy (non-hydrogen) atoms. The third kappa shape index (κ3) is 3.48. The van der Waals surface area contributed by atoms with Gasteiger partial charge >= 0.3 is 5.97 Å². The van der Waals surface area contributed by atoms with E-state index in [2.05, 4.69) is 10.3 Å². The van der Waals surface area contributed by atoms with Crippen molar-refractivity contribution in [3.63, 3.8) is 0 Å². The number of hydrogen-bond acceptors (Lipinski definition) is 7. The molecule has 1 aromatic rings. The van der Waals surface area contributed by atoms with E-state index >= 15 is 0 Å². The number of rotatable bonds is 4. The van der Waals surface area contributed by atoms with Crippen LogP contribution in [0.15, 0.2) is 29.3 Å². The molecule has 1 aliphatic rings. The number of aliphatic imine (C=N–C) groups is 1. The Labute approximate surface area is 133 Å². The fourth-order valence-corrected chi connectivity index (χ4v) is 2.75. The molecular weight excluding hydrogens is 302 g/mol. The first-order valence-corrected chi connectivity index (χ1v) is 7.22. The molecule has 3 unspecified atom stereocenters. The molecule has 8 heteroatoms. The number of carbonyl (C=O) groups excluding carboxylic acids is 1. The lowest BCUT2D eigenvalue weighted by Gasteiger charge is -2.40. The van der Waals surface area contributed by atoms with Crippen LogP contribution in [0.3, 0.4) is 0 Å². The van der Waals surface area contributed by atoms with Crippen molar-refractivity contribution in [2.45, 2.75) is 32.5 Å². The summed E-state index contributed by atoms with van der Waals surface area (Å²) >= 11 is 0. The van der Waals surface area contributed by atoms with Gasteiger partial charge in [-0.15, -0.1) is 0 Å². The van der Waals surface area contributed by atoms with Crippen molar-refractivity contribution in [2.24, 2.45) is 10.9 Å². The fourth-order valence-electron chi connectivity index (χ4n) is 2.75. The van der Waals surface area contributed by atoms with Crippen LogP contribution < -0.4 is 5.32 Å². The Morgan fingerprint density at radius 3 is 2.87 bits per heavy atom. The molecule has 2 rings (SSSR count). The SMILES string of the molecule is CCOC(=O)C1C(c2cccc([N+](=O)[O-])c2)N=C(C)NC1(C)O. The molecule has 0 amide bonds. The van der Waals surface area contributed by atoms with E-state index in [1.807, 2.05) is 0 Å². The zero-order valence-electron chi connectivity index (χ0n) is 13.1. The van der Waals surface area contributed by atoms with Crippen molar-refractivity contribution in [3.8, 4) is 0 Å². The van der Waals surface area contributed by atoms with Gasteiger partial charge in [-0.2, -0.15) is 0 Å². The second kappa shape index (κ2) is 6.33. The highest BCUT2D eigenvalue weighted by atomic mass is 16.6. The van der Waals surface area contributed by atoms with Crippen LogP contribution >= 0.6 is 0 Å². The number of carbonyl (C=O) groups is 1. The van der Waals surface area contributed by atoms with Crippen LogP contribution in [0.4, 0.5) is 5.69 Å². The molecule has 2 N–H and O–H groups in total. The summed E-state index contributed by atoms with van der Waals surface area (Å²) in [7, 11) is 0. The highest BCUT2D eigenvalue weighted by Crippen LogP contribution is 2.37. The Morgan fingerprint density at radius 2 is 2.26 bits per heavy atom. The van der Waals surface area contributed by atoms with E-state index in [0.717, 1.165) is 0 Å². The molecule has 0 saturated heterocycles. The zero-order chi connectivity index (χ0) is 17.2. The van der Waals surface area contributed by atoms with E-state index in [1.54, 1.807) is 19.9 Å². The van der Waals surface area contributed by atoms with Crippen molar-refractivity contribution in [1.29, 1.82) is 0 Å². The lowest BCUT2D eigenvalue weighted by molar-refractivity contribution is -0.384. The van der Waals surface area contributed by atoms with Crippen LogP contribution in [0, 0.1) is 16.0 Å². The van der Waals surface area contributed by atoms with Crippen molar-refractivity contribution < 1.29 is 19.6 Å². The Balaban J connectivity index is 2.50. The number of aliphatic hydroxyl groups is 1. The number of nitro groups is 1. The monoisotopic (exact) mass is 321 g/mol. The van der Waals surface area contributed by atoms with Gasteiger partial charge in [-0.3, -0.25) is 19.9 Å². The van der Waals surface area contributed by atoms with Crippen LogP contribution in [0.5, 0.6) is 0 Å². The number of nitrogens with zero attached hydrogens (tertiary/aromatic N) is 2. The second-order valence-electron chi connectivity index (χ2n) is 5.51. The molecule has 0 bridgehead atoms. The van der Waals surface area contributed by atoms with Crippen LogP contribution in [0.1, 0.15) is 32.4 Å². The van der Waals surface area contributed by atoms with Crippen molar-refractivity contribution in [2.75, 3.05) is 6.61 Å². The van der Waals surface area contributed by atoms with E-state index in [-0.39, 0.29) is 12.3 Å². The van der Waals surface area contributed by atoms with Gasteiger partial charge in [0.25, 0.3) is 5.69 Å². The van der Waals surface area contributed by atoms with Gasteiger partial charge in [0.15, 0.2) is 0 Å². The van der Waals surface area contributed by atoms with E-state index in [0.29, 0.717) is 11.4 Å². The highest BCUT2D eigenvalue weighted by Gasteiger charge is 2.48. The van der Waals surface area contributed by atoms with E-state index in [9.17, 15) is 20.0 Å². The van der Waals surface area contributed by atoms with E-state index < -0.39 is 28.6 Å². The zero-order valence-corrected chi connectivity index (χ0v) is 13.1. The summed E-state index contributed by atoms with van der Waals surface area (Å²) in [5.74, 6) is -1.20. The third-order valence-electron chi connectivity index (χ3n) is 3.65. The van der Waals surface area contributed by atoms with Crippen molar-refractivity contribution >= 4 is 17.5 Å². The van der Waals surface area contributed by atoms with Crippen LogP contribution in [0.2, 0.25) is 0 Å². The van der Waals surface area contributed by atoms with E-state index in [1.165, 1.54) is 25.1 Å². The number of ether oxygens (including phenoxy) is 1. The first-order valence-electron chi connectivity index (χ1n) is 7.22. The fraction of sp³-hybridized carbons (Fsp3) is 0.467. The summed E-state index contributed by atoms with van der Waals surface area (Å²) in [5.41, 5.74) is -1.21. The number of nitro benzene ring substituents is 1. The Morgan fingerprint density at radius 1 is 1.57 bits per heavy atom. The molecule has 8 nitrogen and oxygen atoms in total. The smallest absolute Gasteiger partial charge is 0.316 e. The van der Waals surface area contributed by atoms with Gasteiger partial charge < -0.3 is 15.2 Å². The number of esters is 1. The molecular formula is C15H19N3O5. The molecule has 0 aliphatic carbocycles. The molecule has 0 radical (unpaired) electrons. The molecule has 1 aliphatic heterocycles. The molecule has 1 heterocycles. The van der Waals surface area contributed by atoms with Crippen LogP contribution in [0.25, 0.3) is 0 Å². The number of non-ortho nitro benzene ring substituents is 1. The minimum atomic E-state index is -1.58. The normalized spacial score (nSPS) is 26.9.